The molecule has 0 radical (unpaired) electrons. The average Bonchev–Trinajstić information content (AvgIpc) is 2.86. The molecular weight excluding hydrogens is 300 g/mol. The van der Waals surface area contributed by atoms with Crippen LogP contribution in [0.3, 0.4) is 0 Å². The standard InChI is InChI=1S/C16H15ClN4O/c1-2-9-21-13-6-4-3-5-12(13)19-16(21)20-15(22)11-7-8-14(17)18-10-11/h3-8,10H,2,9H2,1H3,(H,19,20,22). The second kappa shape index (κ2) is 6.15. The van der Waals surface area contributed by atoms with Gasteiger partial charge in [0.05, 0.1) is 16.6 Å². The second-order valence-electron chi connectivity index (χ2n) is 4.90. The van der Waals surface area contributed by atoms with Gasteiger partial charge in [-0.2, -0.15) is 0 Å². The third-order valence-corrected chi connectivity index (χ3v) is 3.54. The maximum Gasteiger partial charge on any atom is 0.259 e. The van der Waals surface area contributed by atoms with Crippen LogP contribution in [-0.2, 0) is 6.54 Å². The fourth-order valence-electron chi connectivity index (χ4n) is 2.30. The van der Waals surface area contributed by atoms with Crippen LogP contribution in [0.15, 0.2) is 42.6 Å². The summed E-state index contributed by atoms with van der Waals surface area (Å²) in [6.45, 7) is 2.87. The molecule has 0 aliphatic rings. The Labute approximate surface area is 133 Å². The van der Waals surface area contributed by atoms with Crippen molar-refractivity contribution < 1.29 is 4.79 Å². The van der Waals surface area contributed by atoms with E-state index in [4.69, 9.17) is 11.6 Å². The number of para-hydroxylation sites is 2. The van der Waals surface area contributed by atoms with E-state index < -0.39 is 0 Å². The van der Waals surface area contributed by atoms with Gasteiger partial charge in [-0.25, -0.2) is 9.97 Å². The van der Waals surface area contributed by atoms with E-state index in [0.717, 1.165) is 24.0 Å². The van der Waals surface area contributed by atoms with E-state index in [9.17, 15) is 4.79 Å². The highest BCUT2D eigenvalue weighted by atomic mass is 35.5. The minimum absolute atomic E-state index is 0.253. The van der Waals surface area contributed by atoms with Crippen molar-refractivity contribution in [2.24, 2.45) is 0 Å². The Kier molecular flexibility index (Phi) is 4.06. The number of carbonyl (C=O) groups is 1. The number of nitrogens with zero attached hydrogens (tertiary/aromatic N) is 3. The molecule has 0 atom stereocenters. The molecule has 1 amide bonds. The number of anilines is 1. The normalized spacial score (nSPS) is 10.8. The van der Waals surface area contributed by atoms with Crippen molar-refractivity contribution >= 4 is 34.5 Å². The first-order chi connectivity index (χ1) is 10.7. The molecule has 6 heteroatoms. The van der Waals surface area contributed by atoms with Gasteiger partial charge in [0.2, 0.25) is 5.95 Å². The summed E-state index contributed by atoms with van der Waals surface area (Å²) in [6.07, 6.45) is 2.40. The summed E-state index contributed by atoms with van der Waals surface area (Å²) in [7, 11) is 0. The average molecular weight is 315 g/mol. The van der Waals surface area contributed by atoms with Crippen molar-refractivity contribution in [3.63, 3.8) is 0 Å². The fraction of sp³-hybridized carbons (Fsp3) is 0.188. The number of hydrogen-bond donors (Lipinski definition) is 1. The number of aromatic nitrogens is 3. The molecule has 1 N–H and O–H groups in total. The van der Waals surface area contributed by atoms with Crippen LogP contribution in [-0.4, -0.2) is 20.4 Å². The number of imidazole rings is 1. The van der Waals surface area contributed by atoms with E-state index in [-0.39, 0.29) is 5.91 Å². The zero-order valence-electron chi connectivity index (χ0n) is 12.1. The molecular formula is C16H15ClN4O. The summed E-state index contributed by atoms with van der Waals surface area (Å²) in [5.74, 6) is 0.292. The predicted molar refractivity (Wildman–Crippen MR) is 87.2 cm³/mol. The third kappa shape index (κ3) is 2.80. The van der Waals surface area contributed by atoms with Crippen LogP contribution in [0.4, 0.5) is 5.95 Å². The lowest BCUT2D eigenvalue weighted by molar-refractivity contribution is 0.102. The quantitative estimate of drug-likeness (QED) is 0.746. The molecule has 2 heterocycles. The molecule has 0 bridgehead atoms. The molecule has 2 aromatic heterocycles. The minimum atomic E-state index is -0.253. The number of halogens is 1. The van der Waals surface area contributed by atoms with Gasteiger partial charge in [-0.1, -0.05) is 30.7 Å². The fourth-order valence-corrected chi connectivity index (χ4v) is 2.42. The lowest BCUT2D eigenvalue weighted by atomic mass is 10.3. The monoisotopic (exact) mass is 314 g/mol. The Morgan fingerprint density at radius 1 is 1.27 bits per heavy atom. The van der Waals surface area contributed by atoms with Gasteiger partial charge in [-0.05, 0) is 30.7 Å². The lowest BCUT2D eigenvalue weighted by Gasteiger charge is -2.08. The van der Waals surface area contributed by atoms with Gasteiger partial charge in [0.1, 0.15) is 5.15 Å². The summed E-state index contributed by atoms with van der Waals surface area (Å²) in [5.41, 5.74) is 2.31. The van der Waals surface area contributed by atoms with E-state index in [2.05, 4.69) is 22.2 Å². The first-order valence-electron chi connectivity index (χ1n) is 7.07. The topological polar surface area (TPSA) is 59.8 Å². The van der Waals surface area contributed by atoms with Crippen LogP contribution in [0.25, 0.3) is 11.0 Å². The van der Waals surface area contributed by atoms with Crippen molar-refractivity contribution in [1.82, 2.24) is 14.5 Å². The summed E-state index contributed by atoms with van der Waals surface area (Å²) in [5, 5.41) is 3.21. The summed E-state index contributed by atoms with van der Waals surface area (Å²) in [4.78, 5) is 20.7. The maximum atomic E-state index is 12.3. The SMILES string of the molecule is CCCn1c(NC(=O)c2ccc(Cl)nc2)nc2ccccc21. The first-order valence-corrected chi connectivity index (χ1v) is 7.45. The van der Waals surface area contributed by atoms with Crippen LogP contribution in [0.1, 0.15) is 23.7 Å². The minimum Gasteiger partial charge on any atom is -0.310 e. The second-order valence-corrected chi connectivity index (χ2v) is 5.29. The van der Waals surface area contributed by atoms with Gasteiger partial charge in [-0.15, -0.1) is 0 Å². The summed E-state index contributed by atoms with van der Waals surface area (Å²) in [6, 6.07) is 11.0. The van der Waals surface area contributed by atoms with Crippen LogP contribution in [0, 0.1) is 0 Å². The lowest BCUT2D eigenvalue weighted by Crippen LogP contribution is -2.16. The van der Waals surface area contributed by atoms with E-state index in [1.165, 1.54) is 6.20 Å². The number of nitrogens with one attached hydrogen (secondary N) is 1. The number of pyridine rings is 1. The number of carbonyl (C=O) groups excluding carboxylic acids is 1. The molecule has 0 aliphatic carbocycles. The number of fused-ring (bicyclic) bond motifs is 1. The third-order valence-electron chi connectivity index (χ3n) is 3.32. The molecule has 5 nitrogen and oxygen atoms in total. The van der Waals surface area contributed by atoms with Gasteiger partial charge in [0.25, 0.3) is 5.91 Å². The number of aryl methyl sites for hydroxylation is 1. The molecule has 1 aromatic carbocycles. The van der Waals surface area contributed by atoms with Gasteiger partial charge in [0, 0.05) is 12.7 Å². The smallest absolute Gasteiger partial charge is 0.259 e. The Bertz CT molecular complexity index is 811. The number of hydrogen-bond acceptors (Lipinski definition) is 3. The Morgan fingerprint density at radius 2 is 2.09 bits per heavy atom. The van der Waals surface area contributed by atoms with Gasteiger partial charge < -0.3 is 4.57 Å². The molecule has 0 aliphatic heterocycles. The van der Waals surface area contributed by atoms with E-state index in [0.29, 0.717) is 16.7 Å². The van der Waals surface area contributed by atoms with E-state index in [1.54, 1.807) is 12.1 Å². The molecule has 112 valence electrons. The van der Waals surface area contributed by atoms with E-state index >= 15 is 0 Å². The zero-order valence-corrected chi connectivity index (χ0v) is 12.8. The molecule has 0 unspecified atom stereocenters. The number of rotatable bonds is 4. The number of benzene rings is 1. The first kappa shape index (κ1) is 14.5. The highest BCUT2D eigenvalue weighted by molar-refractivity contribution is 6.29. The van der Waals surface area contributed by atoms with Crippen LogP contribution in [0.2, 0.25) is 5.15 Å². The Balaban J connectivity index is 1.94. The zero-order chi connectivity index (χ0) is 15.5. The molecule has 0 saturated carbocycles. The van der Waals surface area contributed by atoms with Crippen molar-refractivity contribution in [2.75, 3.05) is 5.32 Å². The summed E-state index contributed by atoms with van der Waals surface area (Å²) >= 11 is 5.74. The predicted octanol–water partition coefficient (Wildman–Crippen LogP) is 3.75. The van der Waals surface area contributed by atoms with Crippen molar-refractivity contribution in [3.05, 3.63) is 53.3 Å². The largest absolute Gasteiger partial charge is 0.310 e. The van der Waals surface area contributed by atoms with Crippen molar-refractivity contribution in [1.29, 1.82) is 0 Å². The van der Waals surface area contributed by atoms with Crippen molar-refractivity contribution in [2.45, 2.75) is 19.9 Å². The Morgan fingerprint density at radius 3 is 2.82 bits per heavy atom. The molecule has 3 aromatic rings. The van der Waals surface area contributed by atoms with Crippen LogP contribution in [0.5, 0.6) is 0 Å². The molecule has 0 fully saturated rings. The summed E-state index contributed by atoms with van der Waals surface area (Å²) < 4.78 is 2.01. The molecule has 0 saturated heterocycles. The molecule has 3 rings (SSSR count). The Hall–Kier alpha value is -2.40. The van der Waals surface area contributed by atoms with Crippen LogP contribution < -0.4 is 5.32 Å². The van der Waals surface area contributed by atoms with Gasteiger partial charge in [0.15, 0.2) is 0 Å². The van der Waals surface area contributed by atoms with Gasteiger partial charge in [-0.3, -0.25) is 10.1 Å². The van der Waals surface area contributed by atoms with Crippen molar-refractivity contribution in [3.8, 4) is 0 Å². The maximum absolute atomic E-state index is 12.3. The number of amides is 1. The molecule has 22 heavy (non-hydrogen) atoms. The van der Waals surface area contributed by atoms with E-state index in [1.807, 2.05) is 28.8 Å². The highest BCUT2D eigenvalue weighted by Crippen LogP contribution is 2.20. The van der Waals surface area contributed by atoms with Gasteiger partial charge >= 0.3 is 0 Å². The molecule has 0 spiro atoms. The highest BCUT2D eigenvalue weighted by Gasteiger charge is 2.14. The van der Waals surface area contributed by atoms with Crippen LogP contribution >= 0.6 is 11.6 Å².